The summed E-state index contributed by atoms with van der Waals surface area (Å²) in [5.41, 5.74) is 2.17. The molecule has 0 aromatic heterocycles. The molecule has 0 spiro atoms. The van der Waals surface area contributed by atoms with Crippen molar-refractivity contribution < 1.29 is 9.59 Å². The Kier molecular flexibility index (Phi) is 9.73. The molecule has 2 amide bonds. The van der Waals surface area contributed by atoms with E-state index in [-0.39, 0.29) is 17.9 Å². The van der Waals surface area contributed by atoms with Crippen LogP contribution in [0, 0.1) is 6.92 Å². The van der Waals surface area contributed by atoms with Crippen molar-refractivity contribution in [2.45, 2.75) is 64.1 Å². The monoisotopic (exact) mass is 446 g/mol. The molecule has 0 saturated heterocycles. The first-order chi connectivity index (χ1) is 14.3. The largest absolute Gasteiger partial charge is 0.352 e. The Morgan fingerprint density at radius 3 is 2.40 bits per heavy atom. The second kappa shape index (κ2) is 12.0. The lowest BCUT2D eigenvalue weighted by atomic mass is 10.1. The van der Waals surface area contributed by atoms with Crippen molar-refractivity contribution in [1.82, 2.24) is 10.2 Å². The van der Waals surface area contributed by atoms with Gasteiger partial charge in [-0.3, -0.25) is 9.59 Å². The maximum absolute atomic E-state index is 13.1. The van der Waals surface area contributed by atoms with E-state index in [0.29, 0.717) is 23.7 Å². The van der Waals surface area contributed by atoms with Crippen molar-refractivity contribution in [2.75, 3.05) is 5.75 Å². The topological polar surface area (TPSA) is 49.4 Å². The molecular weight excluding hydrogens is 416 g/mol. The van der Waals surface area contributed by atoms with Crippen LogP contribution in [0.15, 0.2) is 53.4 Å². The standard InChI is InChI=1S/C24H31ClN2O2S/c1-5-18(3)26-24(29)19(4)27(16-20-9-7-6-8-17(20)2)23(28)14-15-30-22-12-10-21(25)11-13-22/h6-13,18-19H,5,14-16H2,1-4H3,(H,26,29)/t18-,19-/m1/s1. The smallest absolute Gasteiger partial charge is 0.242 e. The van der Waals surface area contributed by atoms with Gasteiger partial charge < -0.3 is 10.2 Å². The lowest BCUT2D eigenvalue weighted by Gasteiger charge is -2.30. The lowest BCUT2D eigenvalue weighted by Crippen LogP contribution is -2.49. The van der Waals surface area contributed by atoms with E-state index in [1.807, 2.05) is 69.3 Å². The number of nitrogens with one attached hydrogen (secondary N) is 1. The van der Waals surface area contributed by atoms with Gasteiger partial charge in [0.25, 0.3) is 0 Å². The van der Waals surface area contributed by atoms with Gasteiger partial charge in [-0.2, -0.15) is 0 Å². The molecule has 0 aliphatic heterocycles. The molecule has 4 nitrogen and oxygen atoms in total. The number of hydrogen-bond acceptors (Lipinski definition) is 3. The van der Waals surface area contributed by atoms with Gasteiger partial charge in [0, 0.05) is 34.7 Å². The zero-order valence-electron chi connectivity index (χ0n) is 18.2. The molecule has 0 bridgehead atoms. The molecule has 6 heteroatoms. The fraction of sp³-hybridized carbons (Fsp3) is 0.417. The van der Waals surface area contributed by atoms with E-state index in [2.05, 4.69) is 5.32 Å². The Morgan fingerprint density at radius 2 is 1.77 bits per heavy atom. The van der Waals surface area contributed by atoms with Crippen molar-refractivity contribution in [2.24, 2.45) is 0 Å². The van der Waals surface area contributed by atoms with E-state index in [1.165, 1.54) is 0 Å². The number of nitrogens with zero attached hydrogens (tertiary/aromatic N) is 1. The third kappa shape index (κ3) is 7.37. The average molecular weight is 447 g/mol. The Hall–Kier alpha value is -1.98. The highest BCUT2D eigenvalue weighted by Gasteiger charge is 2.26. The predicted octanol–water partition coefficient (Wildman–Crippen LogP) is 5.46. The van der Waals surface area contributed by atoms with Crippen LogP contribution in [0.3, 0.4) is 0 Å². The molecule has 2 atom stereocenters. The van der Waals surface area contributed by atoms with Crippen molar-refractivity contribution in [3.8, 4) is 0 Å². The van der Waals surface area contributed by atoms with E-state index in [4.69, 9.17) is 11.6 Å². The van der Waals surface area contributed by atoms with Crippen LogP contribution < -0.4 is 5.32 Å². The van der Waals surface area contributed by atoms with Crippen LogP contribution in [0.4, 0.5) is 0 Å². The SMILES string of the molecule is CC[C@@H](C)NC(=O)[C@@H](C)N(Cc1ccccc1C)C(=O)CCSc1ccc(Cl)cc1. The number of thioether (sulfide) groups is 1. The molecule has 0 heterocycles. The summed E-state index contributed by atoms with van der Waals surface area (Å²) in [6.45, 7) is 8.26. The van der Waals surface area contributed by atoms with Crippen LogP contribution in [0.5, 0.6) is 0 Å². The number of halogens is 1. The van der Waals surface area contributed by atoms with Gasteiger partial charge in [-0.05, 0) is 62.6 Å². The molecule has 2 aromatic rings. The van der Waals surface area contributed by atoms with Crippen LogP contribution in [0.25, 0.3) is 0 Å². The van der Waals surface area contributed by atoms with Gasteiger partial charge in [-0.25, -0.2) is 0 Å². The summed E-state index contributed by atoms with van der Waals surface area (Å²) in [7, 11) is 0. The van der Waals surface area contributed by atoms with Crippen LogP contribution in [-0.4, -0.2) is 34.6 Å². The fourth-order valence-electron chi connectivity index (χ4n) is 2.95. The van der Waals surface area contributed by atoms with Crippen molar-refractivity contribution in [3.05, 3.63) is 64.7 Å². The molecule has 0 aliphatic carbocycles. The number of rotatable bonds is 10. The van der Waals surface area contributed by atoms with Gasteiger partial charge in [-0.15, -0.1) is 11.8 Å². The molecule has 0 unspecified atom stereocenters. The number of hydrogen-bond donors (Lipinski definition) is 1. The minimum absolute atomic E-state index is 0.0217. The number of benzene rings is 2. The van der Waals surface area contributed by atoms with Gasteiger partial charge in [0.05, 0.1) is 0 Å². The summed E-state index contributed by atoms with van der Waals surface area (Å²) in [5.74, 6) is 0.507. The second-order valence-corrected chi connectivity index (χ2v) is 9.10. The van der Waals surface area contributed by atoms with Crippen molar-refractivity contribution in [3.63, 3.8) is 0 Å². The van der Waals surface area contributed by atoms with Crippen LogP contribution in [0.1, 0.15) is 44.7 Å². The van der Waals surface area contributed by atoms with E-state index in [1.54, 1.807) is 23.6 Å². The minimum atomic E-state index is -0.536. The first-order valence-electron chi connectivity index (χ1n) is 10.3. The third-order valence-electron chi connectivity index (χ3n) is 5.17. The first-order valence-corrected chi connectivity index (χ1v) is 11.7. The molecule has 2 rings (SSSR count). The average Bonchev–Trinajstić information content (AvgIpc) is 2.73. The highest BCUT2D eigenvalue weighted by atomic mass is 35.5. The molecule has 0 aliphatic rings. The van der Waals surface area contributed by atoms with E-state index < -0.39 is 6.04 Å². The summed E-state index contributed by atoms with van der Waals surface area (Å²) in [5, 5.41) is 3.70. The molecule has 30 heavy (non-hydrogen) atoms. The predicted molar refractivity (Wildman–Crippen MR) is 126 cm³/mol. The van der Waals surface area contributed by atoms with Gasteiger partial charge in [0.1, 0.15) is 6.04 Å². The van der Waals surface area contributed by atoms with E-state index >= 15 is 0 Å². The second-order valence-electron chi connectivity index (χ2n) is 7.49. The number of aryl methyl sites for hydroxylation is 1. The maximum atomic E-state index is 13.1. The molecular formula is C24H31ClN2O2S. The lowest BCUT2D eigenvalue weighted by molar-refractivity contribution is -0.140. The van der Waals surface area contributed by atoms with Crippen molar-refractivity contribution >= 4 is 35.2 Å². The van der Waals surface area contributed by atoms with Gasteiger partial charge in [0.15, 0.2) is 0 Å². The Morgan fingerprint density at radius 1 is 1.10 bits per heavy atom. The third-order valence-corrected chi connectivity index (χ3v) is 6.43. The number of carbonyl (C=O) groups excluding carboxylic acids is 2. The molecule has 0 radical (unpaired) electrons. The van der Waals surface area contributed by atoms with Gasteiger partial charge >= 0.3 is 0 Å². The molecule has 0 fully saturated rings. The quantitative estimate of drug-likeness (QED) is 0.493. The molecule has 0 saturated carbocycles. The van der Waals surface area contributed by atoms with E-state index in [9.17, 15) is 9.59 Å². The normalized spacial score (nSPS) is 12.8. The minimum Gasteiger partial charge on any atom is -0.352 e. The van der Waals surface area contributed by atoms with E-state index in [0.717, 1.165) is 22.4 Å². The Labute approximate surface area is 189 Å². The first kappa shape index (κ1) is 24.3. The van der Waals surface area contributed by atoms with Crippen LogP contribution >= 0.6 is 23.4 Å². The zero-order valence-corrected chi connectivity index (χ0v) is 19.7. The maximum Gasteiger partial charge on any atom is 0.242 e. The fourth-order valence-corrected chi connectivity index (χ4v) is 3.92. The van der Waals surface area contributed by atoms with Gasteiger partial charge in [-0.1, -0.05) is 42.8 Å². The summed E-state index contributed by atoms with van der Waals surface area (Å²) in [6.07, 6.45) is 1.21. The Bertz CT molecular complexity index is 841. The van der Waals surface area contributed by atoms with Crippen molar-refractivity contribution in [1.29, 1.82) is 0 Å². The summed E-state index contributed by atoms with van der Waals surface area (Å²) in [6, 6.07) is 15.1. The molecule has 1 N–H and O–H groups in total. The van der Waals surface area contributed by atoms with Gasteiger partial charge in [0.2, 0.25) is 11.8 Å². The molecule has 162 valence electrons. The van der Waals surface area contributed by atoms with Crippen LogP contribution in [-0.2, 0) is 16.1 Å². The Balaban J connectivity index is 2.08. The highest BCUT2D eigenvalue weighted by Crippen LogP contribution is 2.22. The highest BCUT2D eigenvalue weighted by molar-refractivity contribution is 7.99. The zero-order chi connectivity index (χ0) is 22.1. The molecule has 2 aromatic carbocycles. The van der Waals surface area contributed by atoms with Crippen LogP contribution in [0.2, 0.25) is 5.02 Å². The summed E-state index contributed by atoms with van der Waals surface area (Å²) < 4.78 is 0. The number of amides is 2. The number of carbonyl (C=O) groups is 2. The summed E-state index contributed by atoms with van der Waals surface area (Å²) >= 11 is 7.54. The summed E-state index contributed by atoms with van der Waals surface area (Å²) in [4.78, 5) is 28.6.